The second kappa shape index (κ2) is 16.0. The minimum Gasteiger partial charge on any atom is -0.372 e. The molecule has 4 saturated heterocycles. The predicted octanol–water partition coefficient (Wildman–Crippen LogP) is 0.0786. The van der Waals surface area contributed by atoms with Crippen LogP contribution >= 0.6 is 0 Å². The molecule has 0 aromatic carbocycles. The standard InChI is InChI=1S/C29H56N8O/c1-7-30-9-16-32-12-3-13-34(20-19-33(10-1)18-17-32)24-29-6-5-28(25-38-29)23-37-15-4-14-35-21-22-36(27-37)11-2-8-31-26-35/h5-6,28-31H,1-4,7-27H2. The molecule has 6 unspecified atom stereocenters. The first-order valence-electron chi connectivity index (χ1n) is 15.9. The highest BCUT2D eigenvalue weighted by Crippen LogP contribution is 2.16. The molecule has 5 heterocycles. The van der Waals surface area contributed by atoms with Crippen LogP contribution in [0.1, 0.15) is 25.7 Å². The van der Waals surface area contributed by atoms with E-state index in [1.54, 1.807) is 0 Å². The van der Waals surface area contributed by atoms with Gasteiger partial charge in [-0.2, -0.15) is 0 Å². The molecule has 0 saturated carbocycles. The maximum absolute atomic E-state index is 6.49. The number of ether oxygens (including phenoxy) is 1. The monoisotopic (exact) mass is 532 g/mol. The molecule has 218 valence electrons. The summed E-state index contributed by atoms with van der Waals surface area (Å²) in [6.07, 6.45) is 10.2. The van der Waals surface area contributed by atoms with E-state index in [0.717, 1.165) is 52.7 Å². The third-order valence-corrected chi connectivity index (χ3v) is 9.14. The summed E-state index contributed by atoms with van der Waals surface area (Å²) in [6.45, 7) is 24.2. The zero-order valence-corrected chi connectivity index (χ0v) is 24.1. The molecule has 0 radical (unpaired) electrons. The minimum atomic E-state index is 0.243. The van der Waals surface area contributed by atoms with Crippen molar-refractivity contribution in [2.45, 2.75) is 31.8 Å². The lowest BCUT2D eigenvalue weighted by Gasteiger charge is -2.36. The molecule has 4 bridgehead atoms. The summed E-state index contributed by atoms with van der Waals surface area (Å²) in [5.41, 5.74) is 0. The van der Waals surface area contributed by atoms with Crippen LogP contribution in [0.15, 0.2) is 12.2 Å². The molecule has 0 aliphatic carbocycles. The van der Waals surface area contributed by atoms with Crippen LogP contribution in [0.25, 0.3) is 0 Å². The van der Waals surface area contributed by atoms with Crippen LogP contribution in [-0.2, 0) is 4.74 Å². The third-order valence-electron chi connectivity index (χ3n) is 9.14. The molecule has 0 spiro atoms. The van der Waals surface area contributed by atoms with Crippen LogP contribution in [0.4, 0.5) is 0 Å². The van der Waals surface area contributed by atoms with Gasteiger partial charge in [0, 0.05) is 97.7 Å². The van der Waals surface area contributed by atoms with Gasteiger partial charge in [0.05, 0.1) is 19.4 Å². The Bertz CT molecular complexity index is 695. The van der Waals surface area contributed by atoms with Crippen LogP contribution in [0.2, 0.25) is 0 Å². The van der Waals surface area contributed by atoms with Gasteiger partial charge in [-0.1, -0.05) is 12.2 Å². The van der Waals surface area contributed by atoms with Gasteiger partial charge in [0.2, 0.25) is 0 Å². The molecule has 0 amide bonds. The van der Waals surface area contributed by atoms with E-state index >= 15 is 0 Å². The van der Waals surface area contributed by atoms with Gasteiger partial charge < -0.3 is 25.2 Å². The Labute approximate surface area is 232 Å². The van der Waals surface area contributed by atoms with Gasteiger partial charge in [-0.25, -0.2) is 0 Å². The lowest BCUT2D eigenvalue weighted by molar-refractivity contribution is 0.0161. The molecule has 0 aromatic heterocycles. The highest BCUT2D eigenvalue weighted by atomic mass is 16.5. The molecule has 38 heavy (non-hydrogen) atoms. The maximum atomic E-state index is 6.49. The van der Waals surface area contributed by atoms with Crippen molar-refractivity contribution >= 4 is 0 Å². The smallest absolute Gasteiger partial charge is 0.0883 e. The van der Waals surface area contributed by atoms with Crippen LogP contribution in [0.5, 0.6) is 0 Å². The van der Waals surface area contributed by atoms with Gasteiger partial charge in [0.15, 0.2) is 0 Å². The Kier molecular flexibility index (Phi) is 12.2. The van der Waals surface area contributed by atoms with Crippen LogP contribution in [0, 0.1) is 5.92 Å². The van der Waals surface area contributed by atoms with Gasteiger partial charge in [-0.05, 0) is 58.4 Å². The molecule has 5 aliphatic heterocycles. The summed E-state index contributed by atoms with van der Waals surface area (Å²) in [5.74, 6) is 0.516. The molecule has 6 atom stereocenters. The van der Waals surface area contributed by atoms with Crippen molar-refractivity contribution in [3.05, 3.63) is 12.2 Å². The van der Waals surface area contributed by atoms with Gasteiger partial charge in [-0.15, -0.1) is 0 Å². The van der Waals surface area contributed by atoms with E-state index in [-0.39, 0.29) is 6.10 Å². The van der Waals surface area contributed by atoms with Crippen molar-refractivity contribution in [3.63, 3.8) is 0 Å². The normalized spacial score (nSPS) is 37.8. The van der Waals surface area contributed by atoms with Gasteiger partial charge in [-0.3, -0.25) is 19.6 Å². The number of rotatable bonds is 4. The van der Waals surface area contributed by atoms with E-state index in [9.17, 15) is 0 Å². The number of nitrogens with zero attached hydrogens (tertiary/aromatic N) is 6. The second-order valence-electron chi connectivity index (χ2n) is 12.3. The minimum absolute atomic E-state index is 0.243. The topological polar surface area (TPSA) is 52.7 Å². The van der Waals surface area contributed by atoms with E-state index in [2.05, 4.69) is 52.2 Å². The predicted molar refractivity (Wildman–Crippen MR) is 155 cm³/mol. The van der Waals surface area contributed by atoms with Crippen LogP contribution in [-0.4, -0.2) is 173 Å². The SMILES string of the molecule is C1=CC(CN2CCCN3CCNCCCN(CC3)CC2)OCC1CN1CCCN2CCN(CCCNC2)C1. The third kappa shape index (κ3) is 9.78. The molecule has 5 aliphatic rings. The molecule has 9 heteroatoms. The number of hydrogen-bond acceptors (Lipinski definition) is 9. The molecule has 9 nitrogen and oxygen atoms in total. The van der Waals surface area contributed by atoms with Gasteiger partial charge in [0.1, 0.15) is 0 Å². The zero-order chi connectivity index (χ0) is 25.8. The molecular weight excluding hydrogens is 476 g/mol. The Morgan fingerprint density at radius 2 is 1.24 bits per heavy atom. The molecule has 4 fully saturated rings. The average Bonchev–Trinajstić information content (AvgIpc) is 3.10. The van der Waals surface area contributed by atoms with Crippen molar-refractivity contribution in [3.8, 4) is 0 Å². The fourth-order valence-corrected chi connectivity index (χ4v) is 6.78. The summed E-state index contributed by atoms with van der Waals surface area (Å²) in [4.78, 5) is 16.0. The van der Waals surface area contributed by atoms with Crippen LogP contribution in [0.3, 0.4) is 0 Å². The number of fused-ring (bicyclic) bond motifs is 6. The summed E-state index contributed by atoms with van der Waals surface area (Å²) >= 11 is 0. The highest BCUT2D eigenvalue weighted by Gasteiger charge is 2.24. The van der Waals surface area contributed by atoms with Gasteiger partial charge >= 0.3 is 0 Å². The molecular formula is C29H56N8O. The molecule has 2 N–H and O–H groups in total. The second-order valence-corrected chi connectivity index (χ2v) is 12.3. The van der Waals surface area contributed by atoms with E-state index < -0.39 is 0 Å². The Morgan fingerprint density at radius 3 is 2.11 bits per heavy atom. The van der Waals surface area contributed by atoms with E-state index in [1.165, 1.54) is 111 Å². The molecule has 5 rings (SSSR count). The number of hydrogen-bond donors (Lipinski definition) is 2. The quantitative estimate of drug-likeness (QED) is 0.491. The fraction of sp³-hybridized carbons (Fsp3) is 0.931. The first kappa shape index (κ1) is 28.9. The maximum Gasteiger partial charge on any atom is 0.0883 e. The summed E-state index contributed by atoms with van der Waals surface area (Å²) in [6, 6.07) is 0. The van der Waals surface area contributed by atoms with E-state index in [0.29, 0.717) is 5.92 Å². The summed E-state index contributed by atoms with van der Waals surface area (Å²) in [7, 11) is 0. The fourth-order valence-electron chi connectivity index (χ4n) is 6.78. The summed E-state index contributed by atoms with van der Waals surface area (Å²) in [5, 5.41) is 7.25. The van der Waals surface area contributed by atoms with Crippen LogP contribution < -0.4 is 10.6 Å². The van der Waals surface area contributed by atoms with E-state index in [1.807, 2.05) is 0 Å². The largest absolute Gasteiger partial charge is 0.372 e. The van der Waals surface area contributed by atoms with Crippen molar-refractivity contribution in [2.75, 3.05) is 138 Å². The van der Waals surface area contributed by atoms with Crippen molar-refractivity contribution in [1.29, 1.82) is 0 Å². The Balaban J connectivity index is 1.10. The first-order valence-corrected chi connectivity index (χ1v) is 15.9. The van der Waals surface area contributed by atoms with Crippen molar-refractivity contribution < 1.29 is 4.74 Å². The zero-order valence-electron chi connectivity index (χ0n) is 24.1. The van der Waals surface area contributed by atoms with Crippen molar-refractivity contribution in [1.82, 2.24) is 40.0 Å². The average molecular weight is 533 g/mol. The summed E-state index contributed by atoms with van der Waals surface area (Å²) < 4.78 is 6.49. The highest BCUT2D eigenvalue weighted by molar-refractivity contribution is 5.00. The van der Waals surface area contributed by atoms with E-state index in [4.69, 9.17) is 4.74 Å². The first-order chi connectivity index (χ1) is 18.8. The lowest BCUT2D eigenvalue weighted by Crippen LogP contribution is -2.47. The lowest BCUT2D eigenvalue weighted by atomic mass is 10.1. The van der Waals surface area contributed by atoms with Gasteiger partial charge in [0.25, 0.3) is 0 Å². The Hall–Kier alpha value is -0.620. The number of nitrogens with one attached hydrogen (secondary N) is 2. The van der Waals surface area contributed by atoms with Crippen molar-refractivity contribution in [2.24, 2.45) is 5.92 Å². The molecule has 0 aromatic rings. The Morgan fingerprint density at radius 1 is 0.553 bits per heavy atom.